The Bertz CT molecular complexity index is 1780. The van der Waals surface area contributed by atoms with E-state index in [0.717, 1.165) is 16.8 Å². The van der Waals surface area contributed by atoms with E-state index in [4.69, 9.17) is 9.47 Å². The molecule has 246 valence electrons. The summed E-state index contributed by atoms with van der Waals surface area (Å²) in [5, 5.41) is 0. The number of ether oxygens (including phenoxy) is 2. The second kappa shape index (κ2) is 14.6. The SMILES string of the molecule is CC(C)(C)c1cc(N2C=CN(c3[c-]c(Oc4[c-]c(Oc5ccccn5)ccc4)cc(-c4ccccc4)c3)C2)cc(C(C)(C)C)c1.[CH3-].[Pt]. The minimum atomic E-state index is 0. The van der Waals surface area contributed by atoms with Gasteiger partial charge < -0.3 is 26.7 Å². The van der Waals surface area contributed by atoms with Crippen LogP contribution in [0.5, 0.6) is 23.1 Å². The second-order valence-electron chi connectivity index (χ2n) is 13.4. The van der Waals surface area contributed by atoms with E-state index >= 15 is 0 Å². The fourth-order valence-electron chi connectivity index (χ4n) is 5.11. The Balaban J connectivity index is 0.00000250. The molecule has 1 aliphatic rings. The van der Waals surface area contributed by atoms with Crippen LogP contribution in [-0.4, -0.2) is 11.7 Å². The maximum atomic E-state index is 6.36. The van der Waals surface area contributed by atoms with E-state index in [1.165, 1.54) is 16.8 Å². The molecule has 0 spiro atoms. The third-order valence-corrected chi connectivity index (χ3v) is 7.77. The van der Waals surface area contributed by atoms with Gasteiger partial charge in [-0.3, -0.25) is 0 Å². The predicted molar refractivity (Wildman–Crippen MR) is 190 cm³/mol. The normalized spacial score (nSPS) is 12.7. The zero-order valence-corrected chi connectivity index (χ0v) is 30.4. The maximum absolute atomic E-state index is 6.36. The van der Waals surface area contributed by atoms with Gasteiger partial charge in [0.05, 0.1) is 6.67 Å². The molecule has 0 N–H and O–H groups in total. The van der Waals surface area contributed by atoms with E-state index in [1.807, 2.05) is 54.6 Å². The van der Waals surface area contributed by atoms with Gasteiger partial charge in [-0.1, -0.05) is 95.8 Å². The average Bonchev–Trinajstić information content (AvgIpc) is 3.52. The minimum Gasteiger partial charge on any atom is -0.509 e. The van der Waals surface area contributed by atoms with Crippen molar-refractivity contribution < 1.29 is 30.5 Å². The molecule has 6 heteroatoms. The Labute approximate surface area is 295 Å². The molecule has 0 atom stereocenters. The molecule has 5 aromatic rings. The third-order valence-electron chi connectivity index (χ3n) is 7.77. The molecule has 1 aromatic heterocycles. The Morgan fingerprint density at radius 1 is 0.617 bits per heavy atom. The van der Waals surface area contributed by atoms with Gasteiger partial charge in [0.1, 0.15) is 0 Å². The van der Waals surface area contributed by atoms with E-state index in [2.05, 4.69) is 117 Å². The Morgan fingerprint density at radius 3 is 1.89 bits per heavy atom. The zero-order valence-electron chi connectivity index (χ0n) is 28.2. The summed E-state index contributed by atoms with van der Waals surface area (Å²) < 4.78 is 12.2. The van der Waals surface area contributed by atoms with E-state index in [0.29, 0.717) is 29.8 Å². The number of hydrogen-bond donors (Lipinski definition) is 0. The van der Waals surface area contributed by atoms with Crippen LogP contribution >= 0.6 is 0 Å². The van der Waals surface area contributed by atoms with E-state index in [9.17, 15) is 0 Å². The summed E-state index contributed by atoms with van der Waals surface area (Å²) in [6.07, 6.45) is 5.95. The third kappa shape index (κ3) is 8.72. The molecular weight excluding hydrogens is 762 g/mol. The van der Waals surface area contributed by atoms with Crippen molar-refractivity contribution in [3.8, 4) is 34.3 Å². The van der Waals surface area contributed by atoms with Gasteiger partial charge in [0.2, 0.25) is 5.88 Å². The van der Waals surface area contributed by atoms with E-state index in [1.54, 1.807) is 12.3 Å². The van der Waals surface area contributed by atoms with Crippen LogP contribution in [-0.2, 0) is 31.9 Å². The summed E-state index contributed by atoms with van der Waals surface area (Å²) in [6, 6.07) is 39.3. The molecule has 4 aromatic carbocycles. The molecule has 0 amide bonds. The second-order valence-corrected chi connectivity index (χ2v) is 13.4. The standard InChI is InChI=1S/C40H39N3O2.CH3.Pt/c1-39(2,3)31-23-32(40(4,5)6)25-34(24-31)43-20-19-42(28-43)33-21-30(29-13-8-7-9-14-29)22-37(26-33)44-35-15-12-16-36(27-35)45-38-17-10-11-18-41-38;;/h7-25H,28H2,1-6H3;1H3;/q-2;-1;. The molecule has 1 aliphatic heterocycles. The van der Waals surface area contributed by atoms with Gasteiger partial charge >= 0.3 is 0 Å². The first-order valence-electron chi connectivity index (χ1n) is 15.3. The largest absolute Gasteiger partial charge is 0.509 e. The van der Waals surface area contributed by atoms with Gasteiger partial charge in [-0.05, 0) is 45.7 Å². The van der Waals surface area contributed by atoms with Gasteiger partial charge in [-0.25, -0.2) is 4.98 Å². The number of hydrogen-bond acceptors (Lipinski definition) is 5. The van der Waals surface area contributed by atoms with Crippen LogP contribution in [0.3, 0.4) is 0 Å². The molecule has 6 rings (SSSR count). The van der Waals surface area contributed by atoms with Gasteiger partial charge in [0.15, 0.2) is 0 Å². The zero-order chi connectivity index (χ0) is 31.6. The molecule has 0 radical (unpaired) electrons. The Morgan fingerprint density at radius 2 is 1.26 bits per heavy atom. The van der Waals surface area contributed by atoms with Gasteiger partial charge in [0.25, 0.3) is 0 Å². The molecule has 0 fully saturated rings. The summed E-state index contributed by atoms with van der Waals surface area (Å²) in [4.78, 5) is 8.74. The van der Waals surface area contributed by atoms with Crippen molar-refractivity contribution in [3.63, 3.8) is 0 Å². The smallest absolute Gasteiger partial charge is 0.216 e. The predicted octanol–water partition coefficient (Wildman–Crippen LogP) is 10.7. The van der Waals surface area contributed by atoms with Crippen molar-refractivity contribution in [3.05, 3.63) is 146 Å². The average molecular weight is 804 g/mol. The summed E-state index contributed by atoms with van der Waals surface area (Å²) in [5.41, 5.74) is 6.97. The van der Waals surface area contributed by atoms with Crippen LogP contribution in [0.4, 0.5) is 11.4 Å². The molecule has 2 heterocycles. The number of benzene rings is 4. The van der Waals surface area contributed by atoms with Crippen molar-refractivity contribution in [1.82, 2.24) is 4.98 Å². The molecule has 0 bridgehead atoms. The molecule has 0 saturated carbocycles. The van der Waals surface area contributed by atoms with E-state index in [-0.39, 0.29) is 39.3 Å². The van der Waals surface area contributed by atoms with Crippen LogP contribution < -0.4 is 19.3 Å². The summed E-state index contributed by atoms with van der Waals surface area (Å²) in [7, 11) is 0. The number of rotatable bonds is 7. The molecular formula is C41H42N3O2Pt-3. The first-order valence-corrected chi connectivity index (χ1v) is 15.3. The summed E-state index contributed by atoms with van der Waals surface area (Å²) >= 11 is 0. The van der Waals surface area contributed by atoms with Crippen molar-refractivity contribution in [2.45, 2.75) is 52.4 Å². The fraction of sp³-hybridized carbons (Fsp3) is 0.220. The van der Waals surface area contributed by atoms with Crippen LogP contribution in [0.1, 0.15) is 52.7 Å². The Hall–Kier alpha value is -4.34. The molecule has 5 nitrogen and oxygen atoms in total. The number of pyridine rings is 1. The first-order chi connectivity index (χ1) is 21.5. The van der Waals surface area contributed by atoms with Crippen LogP contribution in [0.15, 0.2) is 116 Å². The van der Waals surface area contributed by atoms with E-state index < -0.39 is 0 Å². The van der Waals surface area contributed by atoms with Crippen LogP contribution in [0.25, 0.3) is 11.1 Å². The van der Waals surface area contributed by atoms with Crippen molar-refractivity contribution in [1.29, 1.82) is 0 Å². The van der Waals surface area contributed by atoms with Gasteiger partial charge in [-0.15, -0.1) is 35.9 Å². The Kier molecular flexibility index (Phi) is 11.0. The molecule has 47 heavy (non-hydrogen) atoms. The van der Waals surface area contributed by atoms with Crippen molar-refractivity contribution in [2.75, 3.05) is 16.5 Å². The molecule has 0 unspecified atom stereocenters. The topological polar surface area (TPSA) is 37.8 Å². The van der Waals surface area contributed by atoms with Crippen LogP contribution in [0, 0.1) is 19.6 Å². The number of anilines is 2. The summed E-state index contributed by atoms with van der Waals surface area (Å²) in [5.74, 6) is 2.15. The number of aromatic nitrogens is 1. The first kappa shape index (κ1) is 35.5. The minimum absolute atomic E-state index is 0. The van der Waals surface area contributed by atoms with Gasteiger partial charge in [-0.2, -0.15) is 6.07 Å². The van der Waals surface area contributed by atoms with Crippen molar-refractivity contribution >= 4 is 11.4 Å². The molecule has 0 saturated heterocycles. The maximum Gasteiger partial charge on any atom is 0.216 e. The fourth-order valence-corrected chi connectivity index (χ4v) is 5.11. The number of nitrogens with zero attached hydrogens (tertiary/aromatic N) is 3. The van der Waals surface area contributed by atoms with Crippen molar-refractivity contribution in [2.24, 2.45) is 0 Å². The monoisotopic (exact) mass is 803 g/mol. The molecule has 0 aliphatic carbocycles. The van der Waals surface area contributed by atoms with Crippen LogP contribution in [0.2, 0.25) is 0 Å². The quantitative estimate of drug-likeness (QED) is 0.153. The van der Waals surface area contributed by atoms with Gasteiger partial charge in [0, 0.05) is 68.7 Å². The summed E-state index contributed by atoms with van der Waals surface area (Å²) in [6.45, 7) is 14.3.